The van der Waals surface area contributed by atoms with Crippen LogP contribution in [0.25, 0.3) is 0 Å². The van der Waals surface area contributed by atoms with Crippen molar-refractivity contribution in [3.05, 3.63) is 35.9 Å². The highest BCUT2D eigenvalue weighted by atomic mass is 15.2. The van der Waals surface area contributed by atoms with Crippen molar-refractivity contribution < 1.29 is 0 Å². The molecule has 86 valence electrons. The molecule has 1 heterocycles. The van der Waals surface area contributed by atoms with E-state index in [9.17, 15) is 0 Å². The molecule has 2 rings (SSSR count). The van der Waals surface area contributed by atoms with Crippen molar-refractivity contribution in [1.82, 2.24) is 4.90 Å². The summed E-state index contributed by atoms with van der Waals surface area (Å²) in [7, 11) is 0. The van der Waals surface area contributed by atoms with E-state index in [1.807, 2.05) is 6.92 Å². The van der Waals surface area contributed by atoms with Crippen molar-refractivity contribution in [3.63, 3.8) is 0 Å². The molecule has 2 nitrogen and oxygen atoms in total. The van der Waals surface area contributed by atoms with Gasteiger partial charge in [0, 0.05) is 13.1 Å². The van der Waals surface area contributed by atoms with Crippen LogP contribution in [0.5, 0.6) is 0 Å². The fraction of sp³-hybridized carbons (Fsp3) is 0.500. The predicted molar refractivity (Wildman–Crippen MR) is 67.8 cm³/mol. The average Bonchev–Trinajstić information content (AvgIpc) is 2.31. The Labute approximate surface area is 97.8 Å². The molecule has 1 aromatic rings. The van der Waals surface area contributed by atoms with Crippen molar-refractivity contribution in [1.29, 1.82) is 5.41 Å². The molecule has 0 unspecified atom stereocenters. The van der Waals surface area contributed by atoms with Crippen LogP contribution in [-0.2, 0) is 6.42 Å². The number of piperidine rings is 1. The van der Waals surface area contributed by atoms with E-state index in [1.54, 1.807) is 0 Å². The molecule has 0 saturated carbocycles. The second-order valence-electron chi connectivity index (χ2n) is 4.71. The van der Waals surface area contributed by atoms with Gasteiger partial charge in [-0.15, -0.1) is 0 Å². The average molecular weight is 216 g/mol. The molecule has 1 aliphatic heterocycles. The largest absolute Gasteiger partial charge is 0.361 e. The smallest absolute Gasteiger partial charge is 0.0925 e. The summed E-state index contributed by atoms with van der Waals surface area (Å²) in [5, 5.41) is 7.60. The molecule has 0 bridgehead atoms. The summed E-state index contributed by atoms with van der Waals surface area (Å²) in [6.07, 6.45) is 3.65. The number of hydrogen-bond donors (Lipinski definition) is 1. The Bertz CT molecular complexity index is 337. The van der Waals surface area contributed by atoms with E-state index in [1.165, 1.54) is 24.8 Å². The number of nitrogens with zero attached hydrogens (tertiary/aromatic N) is 1. The van der Waals surface area contributed by atoms with E-state index in [0.29, 0.717) is 0 Å². The molecule has 1 fully saturated rings. The minimum atomic E-state index is 0.721. The third-order valence-electron chi connectivity index (χ3n) is 3.46. The lowest BCUT2D eigenvalue weighted by Gasteiger charge is -2.32. The van der Waals surface area contributed by atoms with Crippen LogP contribution < -0.4 is 0 Å². The van der Waals surface area contributed by atoms with Crippen molar-refractivity contribution in [3.8, 4) is 0 Å². The summed E-state index contributed by atoms with van der Waals surface area (Å²) >= 11 is 0. The predicted octanol–water partition coefficient (Wildman–Crippen LogP) is 2.94. The van der Waals surface area contributed by atoms with E-state index < -0.39 is 0 Å². The monoisotopic (exact) mass is 216 g/mol. The number of benzene rings is 1. The molecular weight excluding hydrogens is 196 g/mol. The van der Waals surface area contributed by atoms with Gasteiger partial charge in [-0.2, -0.15) is 0 Å². The van der Waals surface area contributed by atoms with Gasteiger partial charge in [0.05, 0.1) is 5.84 Å². The van der Waals surface area contributed by atoms with Gasteiger partial charge in [0.2, 0.25) is 0 Å². The Morgan fingerprint density at radius 3 is 2.44 bits per heavy atom. The highest BCUT2D eigenvalue weighted by Crippen LogP contribution is 2.21. The van der Waals surface area contributed by atoms with E-state index in [-0.39, 0.29) is 0 Å². The zero-order valence-electron chi connectivity index (χ0n) is 9.95. The van der Waals surface area contributed by atoms with Crippen molar-refractivity contribution in [2.45, 2.75) is 26.2 Å². The van der Waals surface area contributed by atoms with E-state index in [0.717, 1.165) is 24.8 Å². The summed E-state index contributed by atoms with van der Waals surface area (Å²) < 4.78 is 0. The Morgan fingerprint density at radius 2 is 1.88 bits per heavy atom. The second-order valence-corrected chi connectivity index (χ2v) is 4.71. The first kappa shape index (κ1) is 11.2. The van der Waals surface area contributed by atoms with Crippen molar-refractivity contribution in [2.24, 2.45) is 5.92 Å². The van der Waals surface area contributed by atoms with Crippen LogP contribution in [0.1, 0.15) is 25.3 Å². The summed E-state index contributed by atoms with van der Waals surface area (Å²) in [6.45, 7) is 4.01. The van der Waals surface area contributed by atoms with Crippen LogP contribution in [-0.4, -0.2) is 23.8 Å². The normalized spacial score (nSPS) is 17.4. The first-order chi connectivity index (χ1) is 7.75. The van der Waals surface area contributed by atoms with E-state index in [2.05, 4.69) is 35.2 Å². The van der Waals surface area contributed by atoms with Gasteiger partial charge >= 0.3 is 0 Å². The minimum absolute atomic E-state index is 0.721. The van der Waals surface area contributed by atoms with Crippen LogP contribution in [0, 0.1) is 11.3 Å². The number of rotatable bonds is 2. The molecular formula is C14H20N2. The van der Waals surface area contributed by atoms with Crippen LogP contribution in [0.2, 0.25) is 0 Å². The van der Waals surface area contributed by atoms with Crippen molar-refractivity contribution in [2.75, 3.05) is 13.1 Å². The van der Waals surface area contributed by atoms with Crippen LogP contribution in [0.4, 0.5) is 0 Å². The fourth-order valence-electron chi connectivity index (χ4n) is 2.42. The molecule has 1 saturated heterocycles. The first-order valence-corrected chi connectivity index (χ1v) is 6.10. The van der Waals surface area contributed by atoms with Gasteiger partial charge < -0.3 is 4.90 Å². The number of hydrogen-bond acceptors (Lipinski definition) is 1. The van der Waals surface area contributed by atoms with Gasteiger partial charge in [0.15, 0.2) is 0 Å². The molecule has 0 amide bonds. The molecule has 0 aromatic heterocycles. The van der Waals surface area contributed by atoms with Gasteiger partial charge in [-0.05, 0) is 37.7 Å². The summed E-state index contributed by atoms with van der Waals surface area (Å²) in [5.41, 5.74) is 1.45. The summed E-state index contributed by atoms with van der Waals surface area (Å²) in [6, 6.07) is 10.7. The SMILES string of the molecule is CC(=N)N1CCC(Cc2ccccc2)CC1. The number of amidine groups is 1. The Morgan fingerprint density at radius 1 is 1.25 bits per heavy atom. The standard InChI is InChI=1S/C14H20N2/c1-12(15)16-9-7-14(8-10-16)11-13-5-3-2-4-6-13/h2-6,14-15H,7-11H2,1H3. The van der Waals surface area contributed by atoms with Gasteiger partial charge in [-0.3, -0.25) is 5.41 Å². The number of nitrogens with one attached hydrogen (secondary N) is 1. The lowest BCUT2D eigenvalue weighted by molar-refractivity contribution is 0.263. The highest BCUT2D eigenvalue weighted by molar-refractivity contribution is 5.76. The lowest BCUT2D eigenvalue weighted by Crippen LogP contribution is -2.37. The first-order valence-electron chi connectivity index (χ1n) is 6.10. The molecule has 0 radical (unpaired) electrons. The minimum Gasteiger partial charge on any atom is -0.361 e. The highest BCUT2D eigenvalue weighted by Gasteiger charge is 2.19. The third kappa shape index (κ3) is 2.84. The van der Waals surface area contributed by atoms with Crippen LogP contribution in [0.3, 0.4) is 0 Å². The summed E-state index contributed by atoms with van der Waals surface area (Å²) in [5.74, 6) is 1.52. The molecule has 0 aliphatic carbocycles. The van der Waals surface area contributed by atoms with Gasteiger partial charge in [0.1, 0.15) is 0 Å². The lowest BCUT2D eigenvalue weighted by atomic mass is 9.90. The molecule has 0 atom stereocenters. The Kier molecular flexibility index (Phi) is 3.60. The van der Waals surface area contributed by atoms with E-state index in [4.69, 9.17) is 5.41 Å². The zero-order valence-corrected chi connectivity index (χ0v) is 9.95. The van der Waals surface area contributed by atoms with Crippen molar-refractivity contribution >= 4 is 5.84 Å². The zero-order chi connectivity index (χ0) is 11.4. The third-order valence-corrected chi connectivity index (χ3v) is 3.46. The molecule has 16 heavy (non-hydrogen) atoms. The molecule has 0 spiro atoms. The van der Waals surface area contributed by atoms with Gasteiger partial charge in [-0.25, -0.2) is 0 Å². The maximum atomic E-state index is 7.60. The van der Waals surface area contributed by atoms with Crippen LogP contribution >= 0.6 is 0 Å². The fourth-order valence-corrected chi connectivity index (χ4v) is 2.42. The maximum Gasteiger partial charge on any atom is 0.0925 e. The van der Waals surface area contributed by atoms with Gasteiger partial charge in [-0.1, -0.05) is 30.3 Å². The maximum absolute atomic E-state index is 7.60. The topological polar surface area (TPSA) is 27.1 Å². The second kappa shape index (κ2) is 5.15. The number of likely N-dealkylation sites (tertiary alicyclic amines) is 1. The Hall–Kier alpha value is -1.31. The molecule has 1 N–H and O–H groups in total. The molecule has 1 aliphatic rings. The van der Waals surface area contributed by atoms with E-state index >= 15 is 0 Å². The molecule has 1 aromatic carbocycles. The summed E-state index contributed by atoms with van der Waals surface area (Å²) in [4.78, 5) is 2.18. The Balaban J connectivity index is 1.84. The molecule has 2 heteroatoms. The van der Waals surface area contributed by atoms with Crippen LogP contribution in [0.15, 0.2) is 30.3 Å². The quantitative estimate of drug-likeness (QED) is 0.597. The van der Waals surface area contributed by atoms with Gasteiger partial charge in [0.25, 0.3) is 0 Å².